The van der Waals surface area contributed by atoms with Gasteiger partial charge in [0.1, 0.15) is 5.75 Å². The molecule has 0 N–H and O–H groups in total. The first-order valence-electron chi connectivity index (χ1n) is 7.67. The summed E-state index contributed by atoms with van der Waals surface area (Å²) in [5.74, 6) is -1.02. The number of methoxy groups -OCH3 is 1. The van der Waals surface area contributed by atoms with Crippen molar-refractivity contribution >= 4 is 35.0 Å². The fraction of sp³-hybridized carbons (Fsp3) is 0.105. The molecule has 1 aliphatic rings. The van der Waals surface area contributed by atoms with Crippen LogP contribution in [0.4, 0.5) is 4.79 Å². The first kappa shape index (κ1) is 17.8. The molecule has 0 radical (unpaired) electrons. The largest absolute Gasteiger partial charge is 0.545 e. The van der Waals surface area contributed by atoms with E-state index in [2.05, 4.69) is 0 Å². The van der Waals surface area contributed by atoms with Gasteiger partial charge in [-0.2, -0.15) is 0 Å². The van der Waals surface area contributed by atoms with Crippen molar-refractivity contribution in [3.8, 4) is 5.75 Å². The summed E-state index contributed by atoms with van der Waals surface area (Å²) in [4.78, 5) is 37.1. The van der Waals surface area contributed by atoms with E-state index >= 15 is 0 Å². The van der Waals surface area contributed by atoms with Gasteiger partial charge in [-0.15, -0.1) is 0 Å². The topological polar surface area (TPSA) is 86.7 Å². The van der Waals surface area contributed by atoms with Crippen molar-refractivity contribution in [3.05, 3.63) is 70.1 Å². The molecule has 3 rings (SSSR count). The van der Waals surface area contributed by atoms with E-state index in [0.29, 0.717) is 16.2 Å². The molecule has 0 unspecified atom stereocenters. The zero-order valence-electron chi connectivity index (χ0n) is 13.8. The second-order valence-corrected chi connectivity index (χ2v) is 6.52. The Morgan fingerprint density at radius 2 is 1.92 bits per heavy atom. The third-order valence-corrected chi connectivity index (χ3v) is 4.70. The van der Waals surface area contributed by atoms with E-state index in [1.807, 2.05) is 0 Å². The van der Waals surface area contributed by atoms with Crippen molar-refractivity contribution < 1.29 is 24.2 Å². The van der Waals surface area contributed by atoms with Crippen LogP contribution in [0, 0.1) is 0 Å². The number of imide groups is 1. The lowest BCUT2D eigenvalue weighted by molar-refractivity contribution is -0.255. The highest BCUT2D eigenvalue weighted by Gasteiger charge is 2.34. The van der Waals surface area contributed by atoms with Crippen LogP contribution in [0.25, 0.3) is 6.08 Å². The maximum atomic E-state index is 12.5. The smallest absolute Gasteiger partial charge is 0.293 e. The van der Waals surface area contributed by atoms with Gasteiger partial charge in [0.25, 0.3) is 11.1 Å². The molecule has 0 saturated carbocycles. The van der Waals surface area contributed by atoms with E-state index in [-0.39, 0.29) is 12.1 Å². The highest BCUT2D eigenvalue weighted by molar-refractivity contribution is 8.18. The molecule has 132 valence electrons. The van der Waals surface area contributed by atoms with Gasteiger partial charge in [0.2, 0.25) is 0 Å². The highest BCUT2D eigenvalue weighted by Crippen LogP contribution is 2.33. The van der Waals surface area contributed by atoms with Gasteiger partial charge in [-0.25, -0.2) is 0 Å². The first-order valence-corrected chi connectivity index (χ1v) is 8.49. The minimum atomic E-state index is -1.31. The number of thioether (sulfide) groups is 1. The van der Waals surface area contributed by atoms with Crippen LogP contribution in [-0.2, 0) is 11.3 Å². The third kappa shape index (κ3) is 3.78. The zero-order chi connectivity index (χ0) is 18.7. The minimum absolute atomic E-state index is 0.00301. The Morgan fingerprint density at radius 3 is 2.58 bits per heavy atom. The number of nitrogens with zero attached hydrogens (tertiary/aromatic N) is 1. The molecular weight excluding hydrogens is 354 g/mol. The Hall–Kier alpha value is -3.06. The van der Waals surface area contributed by atoms with E-state index < -0.39 is 17.1 Å². The number of ether oxygens (including phenoxy) is 1. The number of carboxylic acids is 1. The monoisotopic (exact) mass is 368 g/mol. The summed E-state index contributed by atoms with van der Waals surface area (Å²) in [5, 5.41) is 10.5. The summed E-state index contributed by atoms with van der Waals surface area (Å²) in [6.07, 6.45) is 1.64. The molecule has 0 aromatic heterocycles. The fourth-order valence-electron chi connectivity index (χ4n) is 2.47. The van der Waals surface area contributed by atoms with Gasteiger partial charge in [-0.05, 0) is 52.7 Å². The molecule has 7 heteroatoms. The summed E-state index contributed by atoms with van der Waals surface area (Å²) >= 11 is 0.855. The van der Waals surface area contributed by atoms with E-state index in [4.69, 9.17) is 4.74 Å². The van der Waals surface area contributed by atoms with Crippen molar-refractivity contribution in [2.24, 2.45) is 0 Å². The van der Waals surface area contributed by atoms with Crippen molar-refractivity contribution in [1.29, 1.82) is 0 Å². The van der Waals surface area contributed by atoms with E-state index in [9.17, 15) is 19.5 Å². The van der Waals surface area contributed by atoms with Crippen LogP contribution in [0.2, 0.25) is 0 Å². The van der Waals surface area contributed by atoms with Crippen LogP contribution in [0.15, 0.2) is 53.4 Å². The lowest BCUT2D eigenvalue weighted by Crippen LogP contribution is -2.28. The average molecular weight is 368 g/mol. The summed E-state index contributed by atoms with van der Waals surface area (Å²) in [5.41, 5.74) is 1.32. The van der Waals surface area contributed by atoms with Crippen LogP contribution in [0.1, 0.15) is 21.5 Å². The van der Waals surface area contributed by atoms with E-state index in [1.165, 1.54) is 12.1 Å². The molecule has 2 aromatic carbocycles. The molecule has 1 fully saturated rings. The summed E-state index contributed by atoms with van der Waals surface area (Å²) in [6, 6.07) is 13.1. The summed E-state index contributed by atoms with van der Waals surface area (Å²) < 4.78 is 5.09. The molecule has 6 nitrogen and oxygen atoms in total. The number of aromatic carboxylic acids is 1. The Labute approximate surface area is 154 Å². The molecule has 1 saturated heterocycles. The molecule has 0 spiro atoms. The van der Waals surface area contributed by atoms with Gasteiger partial charge in [0.05, 0.1) is 24.5 Å². The number of carbonyl (C=O) groups is 3. The third-order valence-electron chi connectivity index (χ3n) is 3.79. The quantitative estimate of drug-likeness (QED) is 0.753. The Kier molecular flexibility index (Phi) is 5.09. The predicted octanol–water partition coefficient (Wildman–Crippen LogP) is 2.30. The molecule has 2 amide bonds. The van der Waals surface area contributed by atoms with Gasteiger partial charge < -0.3 is 14.6 Å². The van der Waals surface area contributed by atoms with Crippen LogP contribution in [0.5, 0.6) is 5.75 Å². The summed E-state index contributed by atoms with van der Waals surface area (Å²) in [6.45, 7) is 0.00569. The van der Waals surface area contributed by atoms with Crippen molar-refractivity contribution in [3.63, 3.8) is 0 Å². The van der Waals surface area contributed by atoms with Crippen LogP contribution in [0.3, 0.4) is 0 Å². The van der Waals surface area contributed by atoms with Crippen LogP contribution in [-0.4, -0.2) is 29.1 Å². The van der Waals surface area contributed by atoms with Crippen molar-refractivity contribution in [2.45, 2.75) is 6.54 Å². The van der Waals surface area contributed by atoms with Crippen LogP contribution >= 0.6 is 11.8 Å². The van der Waals surface area contributed by atoms with Gasteiger partial charge in [0.15, 0.2) is 0 Å². The van der Waals surface area contributed by atoms with Gasteiger partial charge in [-0.3, -0.25) is 14.5 Å². The summed E-state index contributed by atoms with van der Waals surface area (Å²) in [7, 11) is 1.57. The van der Waals surface area contributed by atoms with Gasteiger partial charge in [0, 0.05) is 0 Å². The normalized spacial score (nSPS) is 15.6. The molecule has 2 aromatic rings. The number of hydrogen-bond acceptors (Lipinski definition) is 6. The highest BCUT2D eigenvalue weighted by atomic mass is 32.2. The molecular formula is C19H14NO5S-. The maximum Gasteiger partial charge on any atom is 0.293 e. The molecule has 1 heterocycles. The molecule has 26 heavy (non-hydrogen) atoms. The lowest BCUT2D eigenvalue weighted by atomic mass is 10.1. The van der Waals surface area contributed by atoms with Crippen LogP contribution < -0.4 is 9.84 Å². The standard InChI is InChI=1S/C19H15NO5S/c1-25-15-7-5-12(6-8-15)10-16-17(21)20(19(24)26-16)11-13-3-2-4-14(9-13)18(22)23/h2-10H,11H2,1H3,(H,22,23)/p-1/b16-10-. The number of carbonyl (C=O) groups excluding carboxylic acids is 3. The average Bonchev–Trinajstić information content (AvgIpc) is 2.90. The number of hydrogen-bond donors (Lipinski definition) is 0. The van der Waals surface area contributed by atoms with Crippen molar-refractivity contribution in [2.75, 3.05) is 7.11 Å². The van der Waals surface area contributed by atoms with Gasteiger partial charge >= 0.3 is 0 Å². The second-order valence-electron chi connectivity index (χ2n) is 5.53. The molecule has 0 aliphatic carbocycles. The number of benzene rings is 2. The van der Waals surface area contributed by atoms with E-state index in [1.54, 1.807) is 49.6 Å². The van der Waals surface area contributed by atoms with Gasteiger partial charge in [-0.1, -0.05) is 30.3 Å². The van der Waals surface area contributed by atoms with Crippen molar-refractivity contribution in [1.82, 2.24) is 4.90 Å². The number of carboxylic acid groups (broad SMARTS) is 1. The minimum Gasteiger partial charge on any atom is -0.545 e. The number of rotatable bonds is 5. The second kappa shape index (κ2) is 7.45. The maximum absolute atomic E-state index is 12.5. The van der Waals surface area contributed by atoms with E-state index in [0.717, 1.165) is 22.2 Å². The molecule has 0 atom stereocenters. The number of amides is 2. The SMILES string of the molecule is COc1ccc(/C=C2\SC(=O)N(Cc3cccc(C(=O)[O-])c3)C2=O)cc1. The predicted molar refractivity (Wildman–Crippen MR) is 95.3 cm³/mol. The molecule has 1 aliphatic heterocycles. The Bertz CT molecular complexity index is 904. The zero-order valence-corrected chi connectivity index (χ0v) is 14.6. The Balaban J connectivity index is 1.79. The fourth-order valence-corrected chi connectivity index (χ4v) is 3.31. The Morgan fingerprint density at radius 1 is 1.19 bits per heavy atom. The lowest BCUT2D eigenvalue weighted by Gasteiger charge is -2.13. The first-order chi connectivity index (χ1) is 12.5. The molecule has 0 bridgehead atoms.